The van der Waals surface area contributed by atoms with Crippen LogP contribution < -0.4 is 0 Å². The molecule has 0 spiro atoms. The van der Waals surface area contributed by atoms with Crippen LogP contribution in [0.2, 0.25) is 0 Å². The largest absolute Gasteiger partial charge is 0.303 e. The molecular formula is C15H32N2. The maximum atomic E-state index is 4.53. The van der Waals surface area contributed by atoms with Gasteiger partial charge in [-0.25, -0.2) is 0 Å². The Kier molecular flexibility index (Phi) is 10.3. The van der Waals surface area contributed by atoms with E-state index in [1.165, 1.54) is 57.1 Å². The zero-order chi connectivity index (χ0) is 13.1. The Morgan fingerprint density at radius 1 is 1.00 bits per heavy atom. The molecule has 102 valence electrons. The molecule has 0 aliphatic heterocycles. The van der Waals surface area contributed by atoms with Crippen molar-refractivity contribution in [2.24, 2.45) is 11.0 Å². The van der Waals surface area contributed by atoms with Crippen molar-refractivity contribution in [2.75, 3.05) is 14.1 Å². The molecule has 0 aliphatic carbocycles. The zero-order valence-corrected chi connectivity index (χ0v) is 12.6. The first-order valence-electron chi connectivity index (χ1n) is 7.34. The standard InChI is InChI=1S/C15H32N2/c1-6-8-9-10-11-12-13-15(7-2)14(3)16-17(4)5/h15H,6-13H2,1-5H3/b16-14+. The van der Waals surface area contributed by atoms with Crippen molar-refractivity contribution in [2.45, 2.75) is 72.1 Å². The van der Waals surface area contributed by atoms with E-state index in [2.05, 4.69) is 25.9 Å². The highest BCUT2D eigenvalue weighted by Crippen LogP contribution is 2.17. The fourth-order valence-electron chi connectivity index (χ4n) is 2.28. The summed E-state index contributed by atoms with van der Waals surface area (Å²) in [6.07, 6.45) is 10.9. The molecule has 0 bridgehead atoms. The van der Waals surface area contributed by atoms with Gasteiger partial charge in [0.25, 0.3) is 0 Å². The zero-order valence-electron chi connectivity index (χ0n) is 12.6. The Morgan fingerprint density at radius 2 is 1.59 bits per heavy atom. The monoisotopic (exact) mass is 240 g/mol. The summed E-state index contributed by atoms with van der Waals surface area (Å²) in [5, 5.41) is 6.44. The Bertz CT molecular complexity index is 197. The lowest BCUT2D eigenvalue weighted by Crippen LogP contribution is -2.15. The lowest BCUT2D eigenvalue weighted by atomic mass is 9.94. The topological polar surface area (TPSA) is 15.6 Å². The van der Waals surface area contributed by atoms with Crippen LogP contribution >= 0.6 is 0 Å². The minimum atomic E-state index is 0.684. The van der Waals surface area contributed by atoms with Crippen LogP contribution in [0, 0.1) is 5.92 Å². The Morgan fingerprint density at radius 3 is 2.12 bits per heavy atom. The molecule has 1 atom stereocenters. The third-order valence-corrected chi connectivity index (χ3v) is 3.35. The van der Waals surface area contributed by atoms with Gasteiger partial charge in [-0.2, -0.15) is 5.10 Å². The summed E-state index contributed by atoms with van der Waals surface area (Å²) in [6, 6.07) is 0. The number of unbranched alkanes of at least 4 members (excludes halogenated alkanes) is 5. The molecule has 0 radical (unpaired) electrons. The van der Waals surface area contributed by atoms with Gasteiger partial charge >= 0.3 is 0 Å². The van der Waals surface area contributed by atoms with Crippen LogP contribution in [0.25, 0.3) is 0 Å². The van der Waals surface area contributed by atoms with Crippen molar-refractivity contribution in [3.63, 3.8) is 0 Å². The third kappa shape index (κ3) is 9.20. The molecule has 0 heterocycles. The molecule has 0 saturated heterocycles. The maximum Gasteiger partial charge on any atom is 0.0380 e. The summed E-state index contributed by atoms with van der Waals surface area (Å²) in [5.41, 5.74) is 1.30. The molecule has 2 nitrogen and oxygen atoms in total. The van der Waals surface area contributed by atoms with Crippen molar-refractivity contribution in [3.05, 3.63) is 0 Å². The van der Waals surface area contributed by atoms with Crippen LogP contribution in [0.3, 0.4) is 0 Å². The Labute approximate surface area is 108 Å². The summed E-state index contributed by atoms with van der Waals surface area (Å²) in [6.45, 7) is 6.72. The van der Waals surface area contributed by atoms with Crippen LogP contribution in [0.1, 0.15) is 72.1 Å². The molecule has 0 N–H and O–H groups in total. The number of hydrazone groups is 1. The molecule has 0 fully saturated rings. The first-order chi connectivity index (χ1) is 8.11. The number of rotatable bonds is 10. The van der Waals surface area contributed by atoms with Crippen LogP contribution in [-0.4, -0.2) is 24.8 Å². The van der Waals surface area contributed by atoms with Gasteiger partial charge in [-0.05, 0) is 25.7 Å². The normalized spacial score (nSPS) is 13.8. The van der Waals surface area contributed by atoms with E-state index in [1.54, 1.807) is 0 Å². The predicted octanol–water partition coefficient (Wildman–Crippen LogP) is 4.70. The van der Waals surface area contributed by atoms with Crippen molar-refractivity contribution in [3.8, 4) is 0 Å². The second-order valence-electron chi connectivity index (χ2n) is 5.25. The molecule has 0 aliphatic rings. The molecular weight excluding hydrogens is 208 g/mol. The van der Waals surface area contributed by atoms with Crippen LogP contribution in [0.5, 0.6) is 0 Å². The fourth-order valence-corrected chi connectivity index (χ4v) is 2.28. The van der Waals surface area contributed by atoms with Gasteiger partial charge in [0.15, 0.2) is 0 Å². The molecule has 0 rings (SSSR count). The van der Waals surface area contributed by atoms with E-state index in [9.17, 15) is 0 Å². The van der Waals surface area contributed by atoms with Gasteiger partial charge in [-0.1, -0.05) is 52.4 Å². The van der Waals surface area contributed by atoms with Gasteiger partial charge in [0.2, 0.25) is 0 Å². The summed E-state index contributed by atoms with van der Waals surface area (Å²) in [5.74, 6) is 0.684. The minimum absolute atomic E-state index is 0.684. The van der Waals surface area contributed by atoms with Gasteiger partial charge in [0, 0.05) is 19.8 Å². The van der Waals surface area contributed by atoms with Gasteiger partial charge in [0.1, 0.15) is 0 Å². The van der Waals surface area contributed by atoms with E-state index in [1.807, 2.05) is 19.1 Å². The molecule has 0 aromatic heterocycles. The van der Waals surface area contributed by atoms with E-state index < -0.39 is 0 Å². The molecule has 17 heavy (non-hydrogen) atoms. The maximum absolute atomic E-state index is 4.53. The molecule has 0 amide bonds. The van der Waals surface area contributed by atoms with E-state index in [0.717, 1.165) is 0 Å². The fraction of sp³-hybridized carbons (Fsp3) is 0.933. The molecule has 0 aromatic rings. The Hall–Kier alpha value is -0.530. The minimum Gasteiger partial charge on any atom is -0.303 e. The van der Waals surface area contributed by atoms with Crippen LogP contribution in [0.15, 0.2) is 5.10 Å². The average Bonchev–Trinajstić information content (AvgIpc) is 2.27. The second kappa shape index (κ2) is 10.6. The Balaban J connectivity index is 3.75. The molecule has 0 aromatic carbocycles. The number of hydrogen-bond acceptors (Lipinski definition) is 2. The van der Waals surface area contributed by atoms with Crippen molar-refractivity contribution in [1.29, 1.82) is 0 Å². The molecule has 1 unspecified atom stereocenters. The van der Waals surface area contributed by atoms with Crippen LogP contribution in [-0.2, 0) is 0 Å². The number of hydrogen-bond donors (Lipinski definition) is 0. The average molecular weight is 240 g/mol. The van der Waals surface area contributed by atoms with E-state index >= 15 is 0 Å². The third-order valence-electron chi connectivity index (χ3n) is 3.35. The highest BCUT2D eigenvalue weighted by Gasteiger charge is 2.09. The van der Waals surface area contributed by atoms with Gasteiger partial charge < -0.3 is 5.01 Å². The van der Waals surface area contributed by atoms with Crippen molar-refractivity contribution < 1.29 is 0 Å². The number of nitrogens with zero attached hydrogens (tertiary/aromatic N) is 2. The van der Waals surface area contributed by atoms with Crippen LogP contribution in [0.4, 0.5) is 0 Å². The van der Waals surface area contributed by atoms with E-state index in [4.69, 9.17) is 0 Å². The summed E-state index contributed by atoms with van der Waals surface area (Å²) < 4.78 is 0. The van der Waals surface area contributed by atoms with Gasteiger partial charge in [-0.3, -0.25) is 0 Å². The highest BCUT2D eigenvalue weighted by molar-refractivity contribution is 5.84. The second-order valence-corrected chi connectivity index (χ2v) is 5.25. The van der Waals surface area contributed by atoms with Crippen molar-refractivity contribution >= 4 is 5.71 Å². The van der Waals surface area contributed by atoms with Gasteiger partial charge in [-0.15, -0.1) is 0 Å². The highest BCUT2D eigenvalue weighted by atomic mass is 15.4. The molecule has 2 heteroatoms. The summed E-state index contributed by atoms with van der Waals surface area (Å²) >= 11 is 0. The summed E-state index contributed by atoms with van der Waals surface area (Å²) in [4.78, 5) is 0. The first kappa shape index (κ1) is 16.5. The predicted molar refractivity (Wildman–Crippen MR) is 78.6 cm³/mol. The smallest absolute Gasteiger partial charge is 0.0380 e. The van der Waals surface area contributed by atoms with Crippen molar-refractivity contribution in [1.82, 2.24) is 5.01 Å². The SMILES string of the molecule is CCCCCCCCC(CC)/C(C)=N/N(C)C. The van der Waals surface area contributed by atoms with E-state index in [-0.39, 0.29) is 0 Å². The quantitative estimate of drug-likeness (QED) is 0.307. The van der Waals surface area contributed by atoms with E-state index in [0.29, 0.717) is 5.92 Å². The first-order valence-corrected chi connectivity index (χ1v) is 7.34. The lowest BCUT2D eigenvalue weighted by Gasteiger charge is -2.16. The lowest BCUT2D eigenvalue weighted by molar-refractivity contribution is 0.426. The summed E-state index contributed by atoms with van der Waals surface area (Å²) in [7, 11) is 4.00. The molecule has 0 saturated carbocycles. The van der Waals surface area contributed by atoms with Gasteiger partial charge in [0.05, 0.1) is 0 Å².